The lowest BCUT2D eigenvalue weighted by molar-refractivity contribution is -0.143. The van der Waals surface area contributed by atoms with Crippen molar-refractivity contribution in [3.05, 3.63) is 16.5 Å². The van der Waals surface area contributed by atoms with Crippen LogP contribution in [0.3, 0.4) is 0 Å². The summed E-state index contributed by atoms with van der Waals surface area (Å²) in [5.74, 6) is -1.49. The highest BCUT2D eigenvalue weighted by molar-refractivity contribution is 7.15. The average Bonchev–Trinajstić information content (AvgIpc) is 3.35. The fraction of sp³-hybridized carbons (Fsp3) is 0.562. The van der Waals surface area contributed by atoms with Crippen LogP contribution in [0.5, 0.6) is 0 Å². The zero-order valence-corrected chi connectivity index (χ0v) is 14.2. The van der Waals surface area contributed by atoms with Crippen LogP contribution in [0.4, 0.5) is 9.80 Å². The third kappa shape index (κ3) is 3.38. The number of esters is 1. The summed E-state index contributed by atoms with van der Waals surface area (Å²) in [6.45, 7) is 0.708. The molecule has 0 radical (unpaired) electrons. The molecule has 2 fully saturated rings. The number of carboxylic acids is 1. The van der Waals surface area contributed by atoms with Crippen molar-refractivity contribution < 1.29 is 24.2 Å². The van der Waals surface area contributed by atoms with Crippen molar-refractivity contribution in [2.75, 3.05) is 25.5 Å². The van der Waals surface area contributed by atoms with Crippen molar-refractivity contribution in [3.8, 4) is 0 Å². The van der Waals surface area contributed by atoms with Crippen molar-refractivity contribution in [1.82, 2.24) is 4.90 Å². The van der Waals surface area contributed by atoms with Gasteiger partial charge in [-0.15, -0.1) is 11.3 Å². The molecular weight excluding hydrogens is 332 g/mol. The summed E-state index contributed by atoms with van der Waals surface area (Å²) in [5, 5.41) is 14.3. The van der Waals surface area contributed by atoms with E-state index < -0.39 is 17.9 Å². The van der Waals surface area contributed by atoms with Crippen LogP contribution in [0, 0.1) is 5.92 Å². The molecule has 0 aromatic carbocycles. The van der Waals surface area contributed by atoms with Gasteiger partial charge in [-0.3, -0.25) is 10.1 Å². The fourth-order valence-electron chi connectivity index (χ4n) is 3.01. The van der Waals surface area contributed by atoms with Crippen molar-refractivity contribution in [2.24, 2.45) is 5.92 Å². The van der Waals surface area contributed by atoms with E-state index in [9.17, 15) is 14.4 Å². The Morgan fingerprint density at radius 3 is 2.71 bits per heavy atom. The molecule has 1 aromatic heterocycles. The van der Waals surface area contributed by atoms with Crippen LogP contribution >= 0.6 is 11.3 Å². The lowest BCUT2D eigenvalue weighted by atomic mass is 9.99. The quantitative estimate of drug-likeness (QED) is 0.812. The van der Waals surface area contributed by atoms with Crippen LogP contribution < -0.4 is 5.32 Å². The first-order valence-electron chi connectivity index (χ1n) is 7.99. The predicted octanol–water partition coefficient (Wildman–Crippen LogP) is 2.74. The fourth-order valence-corrected chi connectivity index (χ4v) is 4.03. The zero-order chi connectivity index (χ0) is 17.3. The number of thiophene rings is 1. The molecule has 24 heavy (non-hydrogen) atoms. The Labute approximate surface area is 143 Å². The smallest absolute Gasteiger partial charge is 0.341 e. The Hall–Kier alpha value is -2.09. The Morgan fingerprint density at radius 1 is 1.33 bits per heavy atom. The topological polar surface area (TPSA) is 95.9 Å². The van der Waals surface area contributed by atoms with Gasteiger partial charge in [0.25, 0.3) is 0 Å². The van der Waals surface area contributed by atoms with Crippen molar-refractivity contribution in [1.29, 1.82) is 0 Å². The van der Waals surface area contributed by atoms with Crippen molar-refractivity contribution in [3.63, 3.8) is 0 Å². The molecule has 1 aromatic rings. The summed E-state index contributed by atoms with van der Waals surface area (Å²) in [4.78, 5) is 37.2. The molecule has 2 amide bonds. The number of carbonyl (C=O) groups is 3. The van der Waals surface area contributed by atoms with Crippen molar-refractivity contribution >= 4 is 34.3 Å². The van der Waals surface area contributed by atoms with E-state index in [1.807, 2.05) is 5.38 Å². The number of piperidine rings is 1. The third-order valence-electron chi connectivity index (χ3n) is 4.50. The van der Waals surface area contributed by atoms with Gasteiger partial charge in [-0.1, -0.05) is 0 Å². The maximum absolute atomic E-state index is 12.5. The van der Waals surface area contributed by atoms with Gasteiger partial charge < -0.3 is 14.7 Å². The number of rotatable bonds is 4. The average molecular weight is 352 g/mol. The van der Waals surface area contributed by atoms with Gasteiger partial charge in [0.1, 0.15) is 5.00 Å². The Kier molecular flexibility index (Phi) is 4.75. The number of hydrogen-bond donors (Lipinski definition) is 2. The molecule has 1 atom stereocenters. The molecule has 3 rings (SSSR count). The molecular formula is C16H20N2O5S. The van der Waals surface area contributed by atoms with Gasteiger partial charge in [-0.25, -0.2) is 9.59 Å². The molecule has 1 aliphatic carbocycles. The molecule has 0 bridgehead atoms. The third-order valence-corrected chi connectivity index (χ3v) is 5.42. The monoisotopic (exact) mass is 352 g/mol. The van der Waals surface area contributed by atoms with Crippen LogP contribution in [-0.4, -0.2) is 48.2 Å². The molecule has 2 heterocycles. The number of ether oxygens (including phenoxy) is 1. The molecule has 2 aliphatic rings. The Bertz CT molecular complexity index is 667. The van der Waals surface area contributed by atoms with Gasteiger partial charge in [0.05, 0.1) is 18.6 Å². The Morgan fingerprint density at radius 2 is 2.08 bits per heavy atom. The summed E-state index contributed by atoms with van der Waals surface area (Å²) in [6.07, 6.45) is 3.32. The molecule has 1 saturated carbocycles. The molecule has 8 heteroatoms. The van der Waals surface area contributed by atoms with E-state index in [4.69, 9.17) is 9.84 Å². The highest BCUT2D eigenvalue weighted by Crippen LogP contribution is 2.46. The van der Waals surface area contributed by atoms with Gasteiger partial charge in [0.2, 0.25) is 0 Å². The number of likely N-dealkylation sites (tertiary alicyclic amines) is 1. The standard InChI is InChI=1S/C16H20N2O5S/c1-23-15(21)12-11(9-4-5-9)8-24-13(12)17-16(22)18-6-2-3-10(7-18)14(19)20/h8-10H,2-7H2,1H3,(H,17,22)(H,19,20). The van der Waals surface area contributed by atoms with E-state index >= 15 is 0 Å². The SMILES string of the molecule is COC(=O)c1c(C2CC2)csc1NC(=O)N1CCCC(C(=O)O)C1. The number of nitrogens with zero attached hydrogens (tertiary/aromatic N) is 1. The lowest BCUT2D eigenvalue weighted by Crippen LogP contribution is -2.44. The van der Waals surface area contributed by atoms with E-state index in [1.54, 1.807) is 0 Å². The van der Waals surface area contributed by atoms with Crippen LogP contribution in [0.2, 0.25) is 0 Å². The second-order valence-corrected chi connectivity index (χ2v) is 7.09. The van der Waals surface area contributed by atoms with Gasteiger partial charge in [-0.2, -0.15) is 0 Å². The minimum atomic E-state index is -0.880. The summed E-state index contributed by atoms with van der Waals surface area (Å²) < 4.78 is 4.85. The number of urea groups is 1. The molecule has 1 saturated heterocycles. The van der Waals surface area contributed by atoms with E-state index in [1.165, 1.54) is 23.3 Å². The number of hydrogen-bond acceptors (Lipinski definition) is 5. The number of carboxylic acid groups (broad SMARTS) is 1. The molecule has 1 unspecified atom stereocenters. The molecule has 7 nitrogen and oxygen atoms in total. The molecule has 2 N–H and O–H groups in total. The van der Waals surface area contributed by atoms with Crippen LogP contribution in [0.25, 0.3) is 0 Å². The molecule has 130 valence electrons. The number of aliphatic carboxylic acids is 1. The zero-order valence-electron chi connectivity index (χ0n) is 13.4. The maximum atomic E-state index is 12.5. The summed E-state index contributed by atoms with van der Waals surface area (Å²) >= 11 is 1.31. The van der Waals surface area contributed by atoms with Gasteiger partial charge in [0, 0.05) is 13.1 Å². The highest BCUT2D eigenvalue weighted by atomic mass is 32.1. The van der Waals surface area contributed by atoms with E-state index in [0.717, 1.165) is 18.4 Å². The lowest BCUT2D eigenvalue weighted by Gasteiger charge is -2.30. The molecule has 1 aliphatic heterocycles. The van der Waals surface area contributed by atoms with Gasteiger partial charge in [0.15, 0.2) is 0 Å². The van der Waals surface area contributed by atoms with Crippen LogP contribution in [0.1, 0.15) is 47.5 Å². The minimum absolute atomic E-state index is 0.190. The first-order valence-corrected chi connectivity index (χ1v) is 8.87. The van der Waals surface area contributed by atoms with E-state index in [0.29, 0.717) is 35.9 Å². The number of amides is 2. The first kappa shape index (κ1) is 16.8. The van der Waals surface area contributed by atoms with Crippen molar-refractivity contribution in [2.45, 2.75) is 31.6 Å². The summed E-state index contributed by atoms with van der Waals surface area (Å²) in [6, 6.07) is -0.365. The van der Waals surface area contributed by atoms with E-state index in [-0.39, 0.29) is 12.6 Å². The Balaban J connectivity index is 1.74. The highest BCUT2D eigenvalue weighted by Gasteiger charge is 2.33. The van der Waals surface area contributed by atoms with Crippen LogP contribution in [-0.2, 0) is 9.53 Å². The largest absolute Gasteiger partial charge is 0.481 e. The van der Waals surface area contributed by atoms with Gasteiger partial charge in [-0.05, 0) is 42.5 Å². The number of carbonyl (C=O) groups excluding carboxylic acids is 2. The number of nitrogens with one attached hydrogen (secondary N) is 1. The second kappa shape index (κ2) is 6.80. The second-order valence-electron chi connectivity index (χ2n) is 6.21. The summed E-state index contributed by atoms with van der Waals surface area (Å²) in [5.41, 5.74) is 1.37. The van der Waals surface area contributed by atoms with E-state index in [2.05, 4.69) is 5.32 Å². The molecule has 0 spiro atoms. The number of anilines is 1. The van der Waals surface area contributed by atoms with Gasteiger partial charge >= 0.3 is 18.0 Å². The summed E-state index contributed by atoms with van der Waals surface area (Å²) in [7, 11) is 1.32. The van der Waals surface area contributed by atoms with Crippen LogP contribution in [0.15, 0.2) is 5.38 Å². The number of methoxy groups -OCH3 is 1. The minimum Gasteiger partial charge on any atom is -0.481 e. The normalized spacial score (nSPS) is 20.5. The maximum Gasteiger partial charge on any atom is 0.341 e. The first-order chi connectivity index (χ1) is 11.5. The predicted molar refractivity (Wildman–Crippen MR) is 88.6 cm³/mol.